The largest absolute Gasteiger partial charge is 0.362 e. The summed E-state index contributed by atoms with van der Waals surface area (Å²) in [5, 5.41) is 6.71. The molecular weight excluding hydrogens is 278 g/mol. The maximum Gasteiger partial charge on any atom is 0.262 e. The van der Waals surface area contributed by atoms with Gasteiger partial charge in [-0.1, -0.05) is 24.2 Å². The van der Waals surface area contributed by atoms with Crippen LogP contribution in [0.25, 0.3) is 0 Å². The molecule has 0 saturated carbocycles. The number of benzene rings is 1. The van der Waals surface area contributed by atoms with Crippen molar-refractivity contribution in [1.29, 1.82) is 0 Å². The summed E-state index contributed by atoms with van der Waals surface area (Å²) in [5.41, 5.74) is 1.35. The molecule has 0 atom stereocenters. The SMILES string of the molecule is CCCNCc1ccc(S(=O)(=O)Nc2cnoc2)cc1. The van der Waals surface area contributed by atoms with Crippen LogP contribution in [0.2, 0.25) is 0 Å². The first kappa shape index (κ1) is 14.5. The van der Waals surface area contributed by atoms with E-state index < -0.39 is 10.0 Å². The summed E-state index contributed by atoms with van der Waals surface area (Å²) in [4.78, 5) is 0.206. The first-order valence-corrected chi connectivity index (χ1v) is 7.82. The lowest BCUT2D eigenvalue weighted by Gasteiger charge is -2.07. The Bertz CT molecular complexity index is 621. The van der Waals surface area contributed by atoms with Crippen molar-refractivity contribution >= 4 is 15.7 Å². The summed E-state index contributed by atoms with van der Waals surface area (Å²) in [5.74, 6) is 0. The summed E-state index contributed by atoms with van der Waals surface area (Å²) >= 11 is 0. The van der Waals surface area contributed by atoms with Crippen LogP contribution in [0.15, 0.2) is 46.1 Å². The zero-order chi connectivity index (χ0) is 14.4. The molecule has 108 valence electrons. The van der Waals surface area contributed by atoms with E-state index in [1.165, 1.54) is 12.5 Å². The van der Waals surface area contributed by atoms with Crippen LogP contribution in [0.5, 0.6) is 0 Å². The van der Waals surface area contributed by atoms with Crippen LogP contribution in [0, 0.1) is 0 Å². The molecule has 0 aliphatic heterocycles. The van der Waals surface area contributed by atoms with Crippen molar-refractivity contribution in [3.05, 3.63) is 42.3 Å². The standard InChI is InChI=1S/C13H17N3O3S/c1-2-7-14-8-11-3-5-13(6-4-11)20(17,18)16-12-9-15-19-10-12/h3-6,9-10,14,16H,2,7-8H2,1H3. The highest BCUT2D eigenvalue weighted by atomic mass is 32.2. The van der Waals surface area contributed by atoms with Crippen molar-refractivity contribution in [2.45, 2.75) is 24.8 Å². The van der Waals surface area contributed by atoms with Crippen molar-refractivity contribution in [1.82, 2.24) is 10.5 Å². The Kier molecular flexibility index (Phi) is 4.75. The van der Waals surface area contributed by atoms with Crippen LogP contribution in [0.1, 0.15) is 18.9 Å². The van der Waals surface area contributed by atoms with Gasteiger partial charge in [0.2, 0.25) is 0 Å². The molecule has 0 bridgehead atoms. The topological polar surface area (TPSA) is 84.2 Å². The van der Waals surface area contributed by atoms with Gasteiger partial charge in [0.25, 0.3) is 10.0 Å². The quantitative estimate of drug-likeness (QED) is 0.763. The number of aromatic nitrogens is 1. The van der Waals surface area contributed by atoms with E-state index in [0.29, 0.717) is 5.69 Å². The molecule has 20 heavy (non-hydrogen) atoms. The first-order chi connectivity index (χ1) is 9.62. The second-order valence-electron chi connectivity index (χ2n) is 4.34. The molecule has 2 aromatic rings. The van der Waals surface area contributed by atoms with E-state index in [-0.39, 0.29) is 4.90 Å². The van der Waals surface area contributed by atoms with E-state index in [0.717, 1.165) is 25.1 Å². The minimum Gasteiger partial charge on any atom is -0.362 e. The Morgan fingerprint density at radius 3 is 2.60 bits per heavy atom. The lowest BCUT2D eigenvalue weighted by molar-refractivity contribution is 0.420. The zero-order valence-corrected chi connectivity index (χ0v) is 12.0. The van der Waals surface area contributed by atoms with Crippen molar-refractivity contribution in [2.75, 3.05) is 11.3 Å². The molecular formula is C13H17N3O3S. The van der Waals surface area contributed by atoms with Gasteiger partial charge in [0.1, 0.15) is 12.0 Å². The minimum absolute atomic E-state index is 0.206. The lowest BCUT2D eigenvalue weighted by Crippen LogP contribution is -2.15. The normalized spacial score (nSPS) is 11.4. The summed E-state index contributed by atoms with van der Waals surface area (Å²) in [6.45, 7) is 3.77. The Labute approximate surface area is 118 Å². The maximum atomic E-state index is 12.1. The molecule has 0 fully saturated rings. The second-order valence-corrected chi connectivity index (χ2v) is 6.02. The fourth-order valence-corrected chi connectivity index (χ4v) is 2.69. The zero-order valence-electron chi connectivity index (χ0n) is 11.2. The third-order valence-corrected chi connectivity index (χ3v) is 4.07. The van der Waals surface area contributed by atoms with Crippen LogP contribution in [-0.2, 0) is 16.6 Å². The van der Waals surface area contributed by atoms with Crippen molar-refractivity contribution in [2.24, 2.45) is 0 Å². The summed E-state index contributed by atoms with van der Waals surface area (Å²) in [6.07, 6.45) is 3.61. The van der Waals surface area contributed by atoms with Crippen molar-refractivity contribution in [3.8, 4) is 0 Å². The molecule has 0 amide bonds. The molecule has 1 aromatic heterocycles. The van der Waals surface area contributed by atoms with E-state index >= 15 is 0 Å². The molecule has 6 nitrogen and oxygen atoms in total. The smallest absolute Gasteiger partial charge is 0.262 e. The number of sulfonamides is 1. The van der Waals surface area contributed by atoms with Gasteiger partial charge in [0.05, 0.1) is 11.1 Å². The minimum atomic E-state index is -3.60. The van der Waals surface area contributed by atoms with Gasteiger partial charge in [-0.05, 0) is 30.7 Å². The number of anilines is 1. The molecule has 7 heteroatoms. The molecule has 0 saturated heterocycles. The summed E-state index contributed by atoms with van der Waals surface area (Å²) < 4.78 is 31.1. The summed E-state index contributed by atoms with van der Waals surface area (Å²) in [7, 11) is -3.60. The molecule has 2 N–H and O–H groups in total. The van der Waals surface area contributed by atoms with E-state index in [2.05, 4.69) is 26.6 Å². The Morgan fingerprint density at radius 2 is 2.00 bits per heavy atom. The van der Waals surface area contributed by atoms with Gasteiger partial charge in [-0.25, -0.2) is 8.42 Å². The Morgan fingerprint density at radius 1 is 1.25 bits per heavy atom. The molecule has 1 heterocycles. The van der Waals surface area contributed by atoms with Crippen molar-refractivity contribution in [3.63, 3.8) is 0 Å². The molecule has 0 radical (unpaired) electrons. The van der Waals surface area contributed by atoms with Gasteiger partial charge in [-0.3, -0.25) is 4.72 Å². The number of hydrogen-bond acceptors (Lipinski definition) is 5. The van der Waals surface area contributed by atoms with Gasteiger partial charge < -0.3 is 9.84 Å². The fraction of sp³-hybridized carbons (Fsp3) is 0.308. The molecule has 2 rings (SSSR count). The van der Waals surface area contributed by atoms with Gasteiger partial charge in [0.15, 0.2) is 0 Å². The predicted octanol–water partition coefficient (Wildman–Crippen LogP) is 1.98. The highest BCUT2D eigenvalue weighted by Crippen LogP contribution is 2.15. The average Bonchev–Trinajstić information content (AvgIpc) is 2.92. The van der Waals surface area contributed by atoms with Crippen LogP contribution in [0.4, 0.5) is 5.69 Å². The number of nitrogens with zero attached hydrogens (tertiary/aromatic N) is 1. The maximum absolute atomic E-state index is 12.1. The molecule has 0 unspecified atom stereocenters. The molecule has 0 spiro atoms. The van der Waals surface area contributed by atoms with Crippen LogP contribution in [-0.4, -0.2) is 20.1 Å². The number of nitrogens with one attached hydrogen (secondary N) is 2. The van der Waals surface area contributed by atoms with Crippen LogP contribution >= 0.6 is 0 Å². The molecule has 0 aliphatic rings. The molecule has 0 aliphatic carbocycles. The average molecular weight is 295 g/mol. The van der Waals surface area contributed by atoms with E-state index in [1.807, 2.05) is 0 Å². The highest BCUT2D eigenvalue weighted by Gasteiger charge is 2.14. The predicted molar refractivity (Wildman–Crippen MR) is 75.8 cm³/mol. The van der Waals surface area contributed by atoms with Gasteiger partial charge in [-0.15, -0.1) is 0 Å². The fourth-order valence-electron chi connectivity index (χ4n) is 1.67. The number of rotatable bonds is 7. The van der Waals surface area contributed by atoms with Crippen molar-refractivity contribution < 1.29 is 12.9 Å². The van der Waals surface area contributed by atoms with Crippen LogP contribution < -0.4 is 10.0 Å². The third kappa shape index (κ3) is 3.82. The van der Waals surface area contributed by atoms with E-state index in [4.69, 9.17) is 0 Å². The van der Waals surface area contributed by atoms with Gasteiger partial charge in [-0.2, -0.15) is 0 Å². The molecule has 1 aromatic carbocycles. The number of hydrogen-bond donors (Lipinski definition) is 2. The first-order valence-electron chi connectivity index (χ1n) is 6.33. The van der Waals surface area contributed by atoms with Gasteiger partial charge >= 0.3 is 0 Å². The van der Waals surface area contributed by atoms with E-state index in [1.54, 1.807) is 24.3 Å². The second kappa shape index (κ2) is 6.53. The Balaban J connectivity index is 2.05. The monoisotopic (exact) mass is 295 g/mol. The highest BCUT2D eigenvalue weighted by molar-refractivity contribution is 7.92. The van der Waals surface area contributed by atoms with E-state index in [9.17, 15) is 8.42 Å². The third-order valence-electron chi connectivity index (χ3n) is 2.67. The summed E-state index contributed by atoms with van der Waals surface area (Å²) in [6, 6.07) is 6.76. The van der Waals surface area contributed by atoms with Gasteiger partial charge in [0, 0.05) is 6.54 Å². The van der Waals surface area contributed by atoms with Crippen LogP contribution in [0.3, 0.4) is 0 Å². The Hall–Kier alpha value is -1.86. The lowest BCUT2D eigenvalue weighted by atomic mass is 10.2.